The van der Waals surface area contributed by atoms with Gasteiger partial charge in [0.15, 0.2) is 4.11 Å². The van der Waals surface area contributed by atoms with E-state index in [1.54, 1.807) is 6.20 Å². The van der Waals surface area contributed by atoms with Crippen molar-refractivity contribution in [3.8, 4) is 5.75 Å². The van der Waals surface area contributed by atoms with Crippen LogP contribution in [-0.4, -0.2) is 23.3 Å². The van der Waals surface area contributed by atoms with Gasteiger partial charge in [-0.1, -0.05) is 12.1 Å². The van der Waals surface area contributed by atoms with E-state index in [1.165, 1.54) is 0 Å². The topological polar surface area (TPSA) is 66.6 Å². The number of rotatable bonds is 4. The Balaban J connectivity index is 1.82. The number of aromatic nitrogens is 1. The van der Waals surface area contributed by atoms with Crippen LogP contribution in [0.3, 0.4) is 0 Å². The fourth-order valence-electron chi connectivity index (χ4n) is 2.46. The van der Waals surface area contributed by atoms with Gasteiger partial charge in [0.1, 0.15) is 5.75 Å². The van der Waals surface area contributed by atoms with Crippen molar-refractivity contribution in [2.45, 2.75) is 43.0 Å². The standard InChI is InChI=1S/C18H22BIN2O3/c1-17(2)18(3,4)25-19(24-17)12-8-9-13(21)15(11-12)23-16(20)14-7-5-6-10-22-14/h5-11,16H,21H2,1-4H3/t16-/m1/s1. The lowest BCUT2D eigenvalue weighted by atomic mass is 9.79. The number of hydrogen-bond acceptors (Lipinski definition) is 5. The highest BCUT2D eigenvalue weighted by molar-refractivity contribution is 14.1. The summed E-state index contributed by atoms with van der Waals surface area (Å²) in [6.07, 6.45) is 1.74. The van der Waals surface area contributed by atoms with E-state index in [2.05, 4.69) is 27.6 Å². The van der Waals surface area contributed by atoms with E-state index in [-0.39, 0.29) is 15.3 Å². The van der Waals surface area contributed by atoms with Gasteiger partial charge in [0.2, 0.25) is 0 Å². The highest BCUT2D eigenvalue weighted by Crippen LogP contribution is 2.37. The Morgan fingerprint density at radius 2 is 1.80 bits per heavy atom. The van der Waals surface area contributed by atoms with Gasteiger partial charge in [0.25, 0.3) is 0 Å². The SMILES string of the molecule is CC1(C)OB(c2ccc(N)c(O[C@@H](I)c3ccccn3)c2)OC1(C)C. The number of nitrogens with zero attached hydrogens (tertiary/aromatic N) is 1. The fourth-order valence-corrected chi connectivity index (χ4v) is 3.10. The second-order valence-corrected chi connectivity index (χ2v) is 8.21. The largest absolute Gasteiger partial charge is 0.494 e. The van der Waals surface area contributed by atoms with Crippen molar-refractivity contribution in [1.82, 2.24) is 4.98 Å². The zero-order valence-corrected chi connectivity index (χ0v) is 17.0. The summed E-state index contributed by atoms with van der Waals surface area (Å²) in [6.45, 7) is 8.13. The van der Waals surface area contributed by atoms with Crippen LogP contribution in [0.1, 0.15) is 37.5 Å². The summed E-state index contributed by atoms with van der Waals surface area (Å²) in [5.74, 6) is 0.595. The second kappa shape index (κ2) is 6.77. The molecular formula is C18H22BIN2O3. The maximum atomic E-state index is 6.10. The number of hydrogen-bond donors (Lipinski definition) is 1. The molecule has 1 aliphatic heterocycles. The van der Waals surface area contributed by atoms with E-state index < -0.39 is 7.12 Å². The van der Waals surface area contributed by atoms with E-state index in [1.807, 2.05) is 64.1 Å². The van der Waals surface area contributed by atoms with Crippen LogP contribution in [0.2, 0.25) is 0 Å². The smallest absolute Gasteiger partial charge is 0.472 e. The van der Waals surface area contributed by atoms with Crippen LogP contribution < -0.4 is 15.9 Å². The van der Waals surface area contributed by atoms with E-state index in [4.69, 9.17) is 19.8 Å². The lowest BCUT2D eigenvalue weighted by Gasteiger charge is -2.32. The average Bonchev–Trinajstić information content (AvgIpc) is 2.78. The number of nitrogen functional groups attached to an aromatic ring is 1. The molecule has 0 bridgehead atoms. The Morgan fingerprint density at radius 1 is 1.12 bits per heavy atom. The van der Waals surface area contributed by atoms with Crippen LogP contribution in [0.5, 0.6) is 5.75 Å². The first-order chi connectivity index (χ1) is 11.7. The molecule has 1 aromatic heterocycles. The van der Waals surface area contributed by atoms with Crippen LogP contribution >= 0.6 is 22.6 Å². The summed E-state index contributed by atoms with van der Waals surface area (Å²) in [5, 5.41) is 0. The molecule has 0 aliphatic carbocycles. The van der Waals surface area contributed by atoms with Crippen molar-refractivity contribution in [1.29, 1.82) is 0 Å². The number of benzene rings is 1. The molecule has 0 amide bonds. The quantitative estimate of drug-likeness (QED) is 0.333. The third-order valence-electron chi connectivity index (χ3n) is 4.71. The van der Waals surface area contributed by atoms with Gasteiger partial charge in [-0.3, -0.25) is 4.98 Å². The first-order valence-corrected chi connectivity index (χ1v) is 9.41. The molecule has 1 atom stereocenters. The molecule has 7 heteroatoms. The number of anilines is 1. The van der Waals surface area contributed by atoms with Gasteiger partial charge < -0.3 is 19.8 Å². The lowest BCUT2D eigenvalue weighted by molar-refractivity contribution is 0.00578. The first-order valence-electron chi connectivity index (χ1n) is 8.16. The summed E-state index contributed by atoms with van der Waals surface area (Å²) in [7, 11) is -0.449. The average molecular weight is 452 g/mol. The Hall–Kier alpha value is -1.32. The Labute approximate surface area is 162 Å². The fraction of sp³-hybridized carbons (Fsp3) is 0.389. The van der Waals surface area contributed by atoms with Crippen molar-refractivity contribution in [3.63, 3.8) is 0 Å². The predicted molar refractivity (Wildman–Crippen MR) is 108 cm³/mol. The van der Waals surface area contributed by atoms with Crippen LogP contribution in [0.15, 0.2) is 42.6 Å². The minimum atomic E-state index is -0.449. The van der Waals surface area contributed by atoms with E-state index >= 15 is 0 Å². The molecule has 1 aliphatic rings. The monoisotopic (exact) mass is 452 g/mol. The van der Waals surface area contributed by atoms with E-state index in [9.17, 15) is 0 Å². The number of nitrogens with two attached hydrogens (primary N) is 1. The molecule has 0 saturated carbocycles. The van der Waals surface area contributed by atoms with Crippen molar-refractivity contribution in [3.05, 3.63) is 48.3 Å². The Bertz CT molecular complexity index is 739. The molecule has 5 nitrogen and oxygen atoms in total. The first kappa shape index (κ1) is 18.5. The minimum Gasteiger partial charge on any atom is -0.472 e. The Kier molecular flexibility index (Phi) is 5.01. The van der Waals surface area contributed by atoms with Gasteiger partial charge in [0, 0.05) is 6.20 Å². The van der Waals surface area contributed by atoms with Gasteiger partial charge >= 0.3 is 7.12 Å². The van der Waals surface area contributed by atoms with Gasteiger partial charge in [-0.05, 0) is 80.0 Å². The van der Waals surface area contributed by atoms with Crippen LogP contribution in [0.25, 0.3) is 0 Å². The highest BCUT2D eigenvalue weighted by atomic mass is 127. The molecule has 0 radical (unpaired) electrons. The summed E-state index contributed by atoms with van der Waals surface area (Å²) >= 11 is 2.20. The molecule has 2 heterocycles. The maximum Gasteiger partial charge on any atom is 0.494 e. The molecule has 1 saturated heterocycles. The van der Waals surface area contributed by atoms with Crippen LogP contribution in [0, 0.1) is 0 Å². The molecular weight excluding hydrogens is 430 g/mol. The molecule has 3 rings (SSSR count). The molecule has 1 aromatic carbocycles. The van der Waals surface area contributed by atoms with Gasteiger partial charge in [-0.2, -0.15) is 0 Å². The maximum absolute atomic E-state index is 6.10. The predicted octanol–water partition coefficient (Wildman–Crippen LogP) is 3.48. The molecule has 0 spiro atoms. The number of pyridine rings is 1. The van der Waals surface area contributed by atoms with E-state index in [0.29, 0.717) is 11.4 Å². The van der Waals surface area contributed by atoms with Crippen molar-refractivity contribution >= 4 is 40.9 Å². The second-order valence-electron chi connectivity index (χ2n) is 7.07. The summed E-state index contributed by atoms with van der Waals surface area (Å²) in [6, 6.07) is 11.3. The van der Waals surface area contributed by atoms with Crippen LogP contribution in [0.4, 0.5) is 5.69 Å². The van der Waals surface area contributed by atoms with Crippen molar-refractivity contribution < 1.29 is 14.0 Å². The number of ether oxygens (including phenoxy) is 1. The van der Waals surface area contributed by atoms with Crippen molar-refractivity contribution in [2.24, 2.45) is 0 Å². The summed E-state index contributed by atoms with van der Waals surface area (Å²) in [5.41, 5.74) is 7.60. The van der Waals surface area contributed by atoms with Gasteiger partial charge in [-0.25, -0.2) is 0 Å². The zero-order valence-electron chi connectivity index (χ0n) is 14.8. The Morgan fingerprint density at radius 3 is 2.40 bits per heavy atom. The number of alkyl halides is 1. The summed E-state index contributed by atoms with van der Waals surface area (Å²) < 4.78 is 18.0. The third kappa shape index (κ3) is 3.78. The molecule has 132 valence electrons. The molecule has 2 aromatic rings. The molecule has 2 N–H and O–H groups in total. The zero-order chi connectivity index (χ0) is 18.2. The lowest BCUT2D eigenvalue weighted by Crippen LogP contribution is -2.41. The van der Waals surface area contributed by atoms with Gasteiger partial charge in [0.05, 0.1) is 22.6 Å². The van der Waals surface area contributed by atoms with E-state index in [0.717, 1.165) is 11.2 Å². The minimum absolute atomic E-state index is 0.241. The molecule has 0 unspecified atom stereocenters. The normalized spacial score (nSPS) is 19.6. The van der Waals surface area contributed by atoms with Crippen LogP contribution in [-0.2, 0) is 9.31 Å². The molecule has 1 fully saturated rings. The third-order valence-corrected chi connectivity index (χ3v) is 5.61. The molecule has 25 heavy (non-hydrogen) atoms. The highest BCUT2D eigenvalue weighted by Gasteiger charge is 2.51. The van der Waals surface area contributed by atoms with Gasteiger partial charge in [-0.15, -0.1) is 0 Å². The summed E-state index contributed by atoms with van der Waals surface area (Å²) in [4.78, 5) is 4.32. The number of halogens is 1. The van der Waals surface area contributed by atoms with Crippen molar-refractivity contribution in [2.75, 3.05) is 5.73 Å².